The van der Waals surface area contributed by atoms with Crippen molar-refractivity contribution in [2.45, 2.75) is 0 Å². The molecular formula is C40H24N4S2. The molecule has 0 bridgehead atoms. The molecule has 9 aromatic rings. The summed E-state index contributed by atoms with van der Waals surface area (Å²) in [7, 11) is 0. The van der Waals surface area contributed by atoms with Gasteiger partial charge in [0, 0.05) is 42.4 Å². The average molecular weight is 625 g/mol. The lowest BCUT2D eigenvalue weighted by Gasteiger charge is -2.10. The molecule has 0 aliphatic carbocycles. The Balaban J connectivity index is 1.19. The third-order valence-electron chi connectivity index (χ3n) is 8.18. The van der Waals surface area contributed by atoms with Gasteiger partial charge in [-0.25, -0.2) is 19.9 Å². The molecule has 0 N–H and O–H groups in total. The Bertz CT molecular complexity index is 2440. The van der Waals surface area contributed by atoms with E-state index in [9.17, 15) is 0 Å². The van der Waals surface area contributed by atoms with E-state index in [-0.39, 0.29) is 0 Å². The monoisotopic (exact) mass is 624 g/mol. The Morgan fingerprint density at radius 2 is 0.891 bits per heavy atom. The van der Waals surface area contributed by atoms with Crippen LogP contribution in [0.5, 0.6) is 0 Å². The topological polar surface area (TPSA) is 51.6 Å². The molecule has 3 aromatic heterocycles. The van der Waals surface area contributed by atoms with Crippen molar-refractivity contribution < 1.29 is 0 Å². The van der Waals surface area contributed by atoms with Gasteiger partial charge < -0.3 is 0 Å². The lowest BCUT2D eigenvalue weighted by molar-refractivity contribution is 1.07. The van der Waals surface area contributed by atoms with Crippen LogP contribution >= 0.6 is 22.7 Å². The van der Waals surface area contributed by atoms with E-state index in [2.05, 4.69) is 78.9 Å². The van der Waals surface area contributed by atoms with Gasteiger partial charge in [0.05, 0.1) is 10.2 Å². The highest BCUT2D eigenvalue weighted by Crippen LogP contribution is 2.45. The van der Waals surface area contributed by atoms with Gasteiger partial charge >= 0.3 is 0 Å². The predicted octanol–water partition coefficient (Wildman–Crippen LogP) is 11.2. The summed E-state index contributed by atoms with van der Waals surface area (Å²) in [6, 6.07) is 50.3. The van der Waals surface area contributed by atoms with Gasteiger partial charge in [0.2, 0.25) is 0 Å². The quantitative estimate of drug-likeness (QED) is 0.191. The van der Waals surface area contributed by atoms with E-state index in [1.165, 1.54) is 36.0 Å². The molecule has 4 nitrogen and oxygen atoms in total. The molecule has 0 saturated carbocycles. The van der Waals surface area contributed by atoms with Gasteiger partial charge in [-0.15, -0.1) is 22.7 Å². The summed E-state index contributed by atoms with van der Waals surface area (Å²) in [4.78, 5) is 19.8. The van der Waals surface area contributed by atoms with Crippen molar-refractivity contribution in [1.29, 1.82) is 0 Å². The van der Waals surface area contributed by atoms with Gasteiger partial charge in [0.25, 0.3) is 0 Å². The number of fused-ring (bicyclic) bond motifs is 4. The molecule has 3 heterocycles. The molecule has 0 saturated heterocycles. The van der Waals surface area contributed by atoms with E-state index in [0.717, 1.165) is 32.8 Å². The Kier molecular flexibility index (Phi) is 6.47. The van der Waals surface area contributed by atoms with Crippen LogP contribution in [0.15, 0.2) is 146 Å². The highest BCUT2D eigenvalue weighted by Gasteiger charge is 2.17. The molecule has 0 spiro atoms. The van der Waals surface area contributed by atoms with Crippen molar-refractivity contribution in [3.8, 4) is 55.9 Å². The van der Waals surface area contributed by atoms with Gasteiger partial charge in [-0.3, -0.25) is 0 Å². The maximum Gasteiger partial charge on any atom is 0.164 e. The first-order chi connectivity index (χ1) is 22.8. The number of hydrogen-bond acceptors (Lipinski definition) is 6. The van der Waals surface area contributed by atoms with Crippen molar-refractivity contribution in [2.75, 3.05) is 0 Å². The zero-order valence-electron chi connectivity index (χ0n) is 24.5. The third-order valence-corrected chi connectivity index (χ3v) is 10.5. The Hall–Kier alpha value is -5.56. The van der Waals surface area contributed by atoms with E-state index in [1.807, 2.05) is 78.1 Å². The van der Waals surface area contributed by atoms with Gasteiger partial charge in [-0.05, 0) is 29.3 Å². The third kappa shape index (κ3) is 4.67. The summed E-state index contributed by atoms with van der Waals surface area (Å²) in [5.41, 5.74) is 7.41. The summed E-state index contributed by atoms with van der Waals surface area (Å²) in [6.07, 6.45) is 0. The zero-order valence-corrected chi connectivity index (χ0v) is 26.1. The first-order valence-corrected chi connectivity index (χ1v) is 16.7. The van der Waals surface area contributed by atoms with Crippen LogP contribution in [0.3, 0.4) is 0 Å². The maximum absolute atomic E-state index is 4.99. The second kappa shape index (κ2) is 11.1. The maximum atomic E-state index is 4.99. The van der Waals surface area contributed by atoms with Crippen LogP contribution in [0, 0.1) is 0 Å². The molecule has 0 radical (unpaired) electrons. The fourth-order valence-corrected chi connectivity index (χ4v) is 8.38. The molecule has 9 rings (SSSR count). The van der Waals surface area contributed by atoms with Crippen molar-refractivity contribution in [3.05, 3.63) is 146 Å². The number of thiazole rings is 1. The summed E-state index contributed by atoms with van der Waals surface area (Å²) in [6.45, 7) is 0. The SMILES string of the molecule is c1ccc(-c2nc(-c3ccccc3)nc(-c3cccc(-c4cccc5c4sc4c(-c6nc7ccccc7s6)cccc45)c3)n2)cc1. The molecule has 0 amide bonds. The second-order valence-corrected chi connectivity index (χ2v) is 13.1. The van der Waals surface area contributed by atoms with Gasteiger partial charge in [-0.2, -0.15) is 0 Å². The largest absolute Gasteiger partial charge is 0.236 e. The molecule has 216 valence electrons. The molecular weight excluding hydrogens is 601 g/mol. The van der Waals surface area contributed by atoms with E-state index in [4.69, 9.17) is 19.9 Å². The summed E-state index contributed by atoms with van der Waals surface area (Å²) in [5.74, 6) is 1.96. The average Bonchev–Trinajstić information content (AvgIpc) is 3.74. The molecule has 0 aliphatic heterocycles. The van der Waals surface area contributed by atoms with Crippen LogP contribution in [-0.2, 0) is 0 Å². The number of hydrogen-bond donors (Lipinski definition) is 0. The molecule has 0 fully saturated rings. The number of aromatic nitrogens is 4. The minimum atomic E-state index is 0.649. The van der Waals surface area contributed by atoms with Gasteiger partial charge in [0.15, 0.2) is 17.5 Å². The number of nitrogens with zero attached hydrogens (tertiary/aromatic N) is 4. The lowest BCUT2D eigenvalue weighted by atomic mass is 10.00. The number of benzene rings is 6. The zero-order chi connectivity index (χ0) is 30.5. The second-order valence-electron chi connectivity index (χ2n) is 11.1. The van der Waals surface area contributed by atoms with Gasteiger partial charge in [-0.1, -0.05) is 127 Å². The Morgan fingerprint density at radius 3 is 1.57 bits per heavy atom. The van der Waals surface area contributed by atoms with Crippen LogP contribution in [0.4, 0.5) is 0 Å². The van der Waals surface area contributed by atoms with Crippen molar-refractivity contribution in [1.82, 2.24) is 19.9 Å². The van der Waals surface area contributed by atoms with Crippen molar-refractivity contribution in [3.63, 3.8) is 0 Å². The Morgan fingerprint density at radius 1 is 0.370 bits per heavy atom. The predicted molar refractivity (Wildman–Crippen MR) is 193 cm³/mol. The Labute approximate surface area is 273 Å². The molecule has 0 aliphatic rings. The van der Waals surface area contributed by atoms with E-state index in [1.54, 1.807) is 11.3 Å². The normalized spacial score (nSPS) is 11.5. The molecule has 0 atom stereocenters. The minimum absolute atomic E-state index is 0.649. The molecule has 46 heavy (non-hydrogen) atoms. The number of thiophene rings is 1. The first kappa shape index (κ1) is 26.8. The number of para-hydroxylation sites is 1. The standard InChI is InChI=1S/C40H24N4S2/c1-3-12-25(13-4-1)37-42-38(26-14-5-2-6-15-26)44-39(43-37)28-17-9-16-27(24-28)29-18-10-19-30-31-20-11-21-32(36(31)46-35(29)30)40-41-33-22-7-8-23-34(33)45-40/h1-24H. The van der Waals surface area contributed by atoms with Crippen LogP contribution in [0.25, 0.3) is 86.3 Å². The highest BCUT2D eigenvalue weighted by molar-refractivity contribution is 7.27. The smallest absolute Gasteiger partial charge is 0.164 e. The van der Waals surface area contributed by atoms with E-state index >= 15 is 0 Å². The molecule has 6 heteroatoms. The van der Waals surface area contributed by atoms with Crippen LogP contribution < -0.4 is 0 Å². The molecule has 0 unspecified atom stereocenters. The van der Waals surface area contributed by atoms with Crippen LogP contribution in [-0.4, -0.2) is 19.9 Å². The minimum Gasteiger partial charge on any atom is -0.236 e. The van der Waals surface area contributed by atoms with Crippen LogP contribution in [0.2, 0.25) is 0 Å². The highest BCUT2D eigenvalue weighted by atomic mass is 32.1. The first-order valence-electron chi connectivity index (χ1n) is 15.1. The fourth-order valence-electron chi connectivity index (χ4n) is 5.97. The van der Waals surface area contributed by atoms with Gasteiger partial charge in [0.1, 0.15) is 5.01 Å². The van der Waals surface area contributed by atoms with E-state index < -0.39 is 0 Å². The summed E-state index contributed by atoms with van der Waals surface area (Å²) < 4.78 is 3.73. The van der Waals surface area contributed by atoms with Crippen LogP contribution in [0.1, 0.15) is 0 Å². The summed E-state index contributed by atoms with van der Waals surface area (Å²) in [5, 5.41) is 3.57. The molecule has 6 aromatic carbocycles. The lowest BCUT2D eigenvalue weighted by Crippen LogP contribution is -2.00. The summed E-state index contributed by atoms with van der Waals surface area (Å²) >= 11 is 3.59. The van der Waals surface area contributed by atoms with E-state index in [0.29, 0.717) is 17.5 Å². The van der Waals surface area contributed by atoms with Crippen molar-refractivity contribution >= 4 is 53.1 Å². The number of rotatable bonds is 5. The fraction of sp³-hybridized carbons (Fsp3) is 0. The van der Waals surface area contributed by atoms with Crippen molar-refractivity contribution in [2.24, 2.45) is 0 Å².